The van der Waals surface area contributed by atoms with Crippen molar-refractivity contribution in [3.05, 3.63) is 102 Å². The van der Waals surface area contributed by atoms with Crippen LogP contribution in [0.1, 0.15) is 21.5 Å². The average molecular weight is 503 g/mol. The van der Waals surface area contributed by atoms with Gasteiger partial charge in [0, 0.05) is 47.0 Å². The van der Waals surface area contributed by atoms with Gasteiger partial charge in [-0.15, -0.1) is 0 Å². The molecule has 0 fully saturated rings. The Balaban J connectivity index is 1.48. The molecule has 6 rings (SSSR count). The minimum absolute atomic E-state index is 0.276. The molecule has 3 heterocycles. The minimum atomic E-state index is -0.471. The fourth-order valence-corrected chi connectivity index (χ4v) is 4.59. The van der Waals surface area contributed by atoms with E-state index in [9.17, 15) is 9.59 Å². The molecule has 0 radical (unpaired) electrons. The molecule has 5 aromatic rings. The second kappa shape index (κ2) is 9.29. The summed E-state index contributed by atoms with van der Waals surface area (Å²) in [6.45, 7) is 0. The van der Waals surface area contributed by atoms with Gasteiger partial charge in [0.05, 0.1) is 42.0 Å². The SMILES string of the molecule is COC(=O)c1ccc2c(c1)NC(=O)/C2=C(\Nc1ccc(-c2nccn2C)cc1)c1ccc2cnncc2c1. The number of nitrogens with zero attached hydrogens (tertiary/aromatic N) is 4. The predicted molar refractivity (Wildman–Crippen MR) is 145 cm³/mol. The van der Waals surface area contributed by atoms with Crippen molar-refractivity contribution in [3.63, 3.8) is 0 Å². The smallest absolute Gasteiger partial charge is 0.337 e. The number of methoxy groups -OCH3 is 1. The third-order valence-electron chi connectivity index (χ3n) is 6.50. The van der Waals surface area contributed by atoms with E-state index in [4.69, 9.17) is 4.74 Å². The number of aryl methyl sites for hydroxylation is 1. The third-order valence-corrected chi connectivity index (χ3v) is 6.50. The lowest BCUT2D eigenvalue weighted by Gasteiger charge is -2.16. The van der Waals surface area contributed by atoms with Crippen LogP contribution in [0.25, 0.3) is 33.4 Å². The van der Waals surface area contributed by atoms with Gasteiger partial charge in [-0.25, -0.2) is 9.78 Å². The molecule has 1 amide bonds. The van der Waals surface area contributed by atoms with Crippen LogP contribution in [0.5, 0.6) is 0 Å². The van der Waals surface area contributed by atoms with E-state index in [2.05, 4.69) is 25.8 Å². The molecular formula is C29H22N6O3. The maximum atomic E-state index is 13.3. The van der Waals surface area contributed by atoms with Crippen LogP contribution in [0.15, 0.2) is 85.5 Å². The second-order valence-electron chi connectivity index (χ2n) is 8.85. The van der Waals surface area contributed by atoms with Gasteiger partial charge in [-0.1, -0.05) is 18.2 Å². The Morgan fingerprint density at radius 2 is 1.71 bits per heavy atom. The van der Waals surface area contributed by atoms with Crippen molar-refractivity contribution in [3.8, 4) is 11.4 Å². The molecule has 0 saturated heterocycles. The first-order valence-corrected chi connectivity index (χ1v) is 11.9. The van der Waals surface area contributed by atoms with Gasteiger partial charge in [0.1, 0.15) is 5.82 Å². The van der Waals surface area contributed by atoms with Crippen LogP contribution in [0.2, 0.25) is 0 Å². The Morgan fingerprint density at radius 3 is 2.45 bits per heavy atom. The number of ether oxygens (including phenoxy) is 1. The standard InChI is InChI=1S/C29H22N6O3/c1-35-12-11-30-27(35)17-5-8-22(9-6-17)33-26(18-3-4-20-15-31-32-16-21(20)13-18)25-23-10-7-19(29(37)38-2)14-24(23)34-28(25)36/h3-16,33H,1-2H3,(H,34,36)/b26-25-. The van der Waals surface area contributed by atoms with E-state index in [1.54, 1.807) is 36.8 Å². The monoisotopic (exact) mass is 502 g/mol. The number of nitrogens with one attached hydrogen (secondary N) is 2. The van der Waals surface area contributed by atoms with Gasteiger partial charge in [-0.05, 0) is 48.0 Å². The molecule has 186 valence electrons. The van der Waals surface area contributed by atoms with Crippen molar-refractivity contribution in [2.24, 2.45) is 7.05 Å². The Hall–Kier alpha value is -5.31. The summed E-state index contributed by atoms with van der Waals surface area (Å²) in [6, 6.07) is 18.7. The summed E-state index contributed by atoms with van der Waals surface area (Å²) in [7, 11) is 3.27. The number of imidazole rings is 1. The Morgan fingerprint density at radius 1 is 0.947 bits per heavy atom. The molecule has 38 heavy (non-hydrogen) atoms. The first-order valence-electron chi connectivity index (χ1n) is 11.9. The summed E-state index contributed by atoms with van der Waals surface area (Å²) >= 11 is 0. The van der Waals surface area contributed by atoms with Crippen molar-refractivity contribution in [1.82, 2.24) is 19.7 Å². The van der Waals surface area contributed by atoms with E-state index in [1.165, 1.54) is 7.11 Å². The number of fused-ring (bicyclic) bond motifs is 2. The number of esters is 1. The zero-order valence-corrected chi connectivity index (χ0v) is 20.6. The fraction of sp³-hybridized carbons (Fsp3) is 0.0690. The van der Waals surface area contributed by atoms with Gasteiger partial charge in [0.25, 0.3) is 5.91 Å². The molecule has 1 aliphatic rings. The molecule has 3 aromatic carbocycles. The number of benzene rings is 3. The van der Waals surface area contributed by atoms with Crippen molar-refractivity contribution in [1.29, 1.82) is 0 Å². The van der Waals surface area contributed by atoms with Crippen LogP contribution < -0.4 is 10.6 Å². The Kier molecular flexibility index (Phi) is 5.65. The number of hydrogen-bond donors (Lipinski definition) is 2. The van der Waals surface area contributed by atoms with E-state index in [0.29, 0.717) is 28.1 Å². The van der Waals surface area contributed by atoms with E-state index in [0.717, 1.165) is 33.4 Å². The van der Waals surface area contributed by atoms with Gasteiger partial charge in [-0.3, -0.25) is 4.79 Å². The summed E-state index contributed by atoms with van der Waals surface area (Å²) in [6.07, 6.45) is 7.04. The van der Waals surface area contributed by atoms with E-state index in [-0.39, 0.29) is 5.91 Å². The van der Waals surface area contributed by atoms with Crippen LogP contribution in [0, 0.1) is 0 Å². The van der Waals surface area contributed by atoms with Crippen molar-refractivity contribution < 1.29 is 14.3 Å². The molecule has 1 aliphatic heterocycles. The van der Waals surface area contributed by atoms with E-state index < -0.39 is 5.97 Å². The Labute approximate surface area is 217 Å². The normalized spacial score (nSPS) is 13.7. The lowest BCUT2D eigenvalue weighted by Crippen LogP contribution is -2.10. The first-order chi connectivity index (χ1) is 18.5. The molecule has 0 unspecified atom stereocenters. The number of carbonyl (C=O) groups excluding carboxylic acids is 2. The molecule has 0 atom stereocenters. The van der Waals surface area contributed by atoms with Gasteiger partial charge in [-0.2, -0.15) is 10.2 Å². The van der Waals surface area contributed by atoms with Crippen molar-refractivity contribution >= 4 is 45.3 Å². The fourth-order valence-electron chi connectivity index (χ4n) is 4.59. The summed E-state index contributed by atoms with van der Waals surface area (Å²) < 4.78 is 6.79. The highest BCUT2D eigenvalue weighted by Gasteiger charge is 2.29. The number of aromatic nitrogens is 4. The summed E-state index contributed by atoms with van der Waals surface area (Å²) in [5, 5.41) is 16.2. The largest absolute Gasteiger partial charge is 0.465 e. The molecule has 0 aliphatic carbocycles. The molecule has 2 aromatic heterocycles. The maximum absolute atomic E-state index is 13.3. The molecule has 9 heteroatoms. The first kappa shape index (κ1) is 23.1. The number of rotatable bonds is 5. The van der Waals surface area contributed by atoms with Gasteiger partial charge >= 0.3 is 5.97 Å². The molecule has 0 saturated carbocycles. The molecule has 0 bridgehead atoms. The third kappa shape index (κ3) is 4.05. The molecule has 9 nitrogen and oxygen atoms in total. The van der Waals surface area contributed by atoms with Crippen LogP contribution >= 0.6 is 0 Å². The molecule has 0 spiro atoms. The van der Waals surface area contributed by atoms with Gasteiger partial charge in [0.15, 0.2) is 0 Å². The van der Waals surface area contributed by atoms with Crippen molar-refractivity contribution in [2.75, 3.05) is 17.7 Å². The number of amides is 1. The lowest BCUT2D eigenvalue weighted by atomic mass is 9.98. The highest BCUT2D eigenvalue weighted by atomic mass is 16.5. The average Bonchev–Trinajstić information content (AvgIpc) is 3.52. The summed E-state index contributed by atoms with van der Waals surface area (Å²) in [4.78, 5) is 29.8. The van der Waals surface area contributed by atoms with Crippen LogP contribution in [0.3, 0.4) is 0 Å². The van der Waals surface area contributed by atoms with Crippen LogP contribution in [0.4, 0.5) is 11.4 Å². The Bertz CT molecular complexity index is 1750. The zero-order valence-electron chi connectivity index (χ0n) is 20.6. The number of carbonyl (C=O) groups is 2. The molecular weight excluding hydrogens is 480 g/mol. The van der Waals surface area contributed by atoms with Crippen LogP contribution in [-0.2, 0) is 16.6 Å². The second-order valence-corrected chi connectivity index (χ2v) is 8.85. The van der Waals surface area contributed by atoms with Crippen LogP contribution in [-0.4, -0.2) is 38.7 Å². The zero-order chi connectivity index (χ0) is 26.2. The lowest BCUT2D eigenvalue weighted by molar-refractivity contribution is -0.110. The minimum Gasteiger partial charge on any atom is -0.465 e. The van der Waals surface area contributed by atoms with E-state index >= 15 is 0 Å². The summed E-state index contributed by atoms with van der Waals surface area (Å²) in [5.74, 6) is 0.111. The maximum Gasteiger partial charge on any atom is 0.337 e. The van der Waals surface area contributed by atoms with Gasteiger partial charge < -0.3 is 19.9 Å². The van der Waals surface area contributed by atoms with E-state index in [1.807, 2.05) is 60.3 Å². The van der Waals surface area contributed by atoms with Gasteiger partial charge in [0.2, 0.25) is 0 Å². The number of hydrogen-bond acceptors (Lipinski definition) is 7. The highest BCUT2D eigenvalue weighted by molar-refractivity contribution is 6.37. The summed E-state index contributed by atoms with van der Waals surface area (Å²) in [5.41, 5.74) is 5.24. The molecule has 2 N–H and O–H groups in total. The topological polar surface area (TPSA) is 111 Å². The highest BCUT2D eigenvalue weighted by Crippen LogP contribution is 2.39. The number of anilines is 2. The van der Waals surface area contributed by atoms with Crippen molar-refractivity contribution in [2.45, 2.75) is 0 Å². The predicted octanol–water partition coefficient (Wildman–Crippen LogP) is 4.75. The quantitative estimate of drug-likeness (QED) is 0.264.